The monoisotopic (exact) mass is 238 g/mol. The van der Waals surface area contributed by atoms with Gasteiger partial charge in [0.1, 0.15) is 5.69 Å². The van der Waals surface area contributed by atoms with E-state index < -0.39 is 5.54 Å². The summed E-state index contributed by atoms with van der Waals surface area (Å²) in [7, 11) is 1.86. The maximum atomic E-state index is 12.1. The van der Waals surface area contributed by atoms with Crippen molar-refractivity contribution in [3.8, 4) is 0 Å². The number of aliphatic hydroxyl groups excluding tert-OH is 1. The van der Waals surface area contributed by atoms with Gasteiger partial charge in [-0.25, -0.2) is 0 Å². The molecule has 0 aliphatic heterocycles. The van der Waals surface area contributed by atoms with Crippen LogP contribution in [0.3, 0.4) is 0 Å². The summed E-state index contributed by atoms with van der Waals surface area (Å²) in [5.74, 6) is -0.134. The molecule has 0 spiro atoms. The number of nitrogens with one attached hydrogen (secondary N) is 1. The minimum Gasteiger partial charge on any atom is -0.394 e. The molecule has 0 saturated carbocycles. The van der Waals surface area contributed by atoms with Crippen molar-refractivity contribution >= 4 is 5.91 Å². The Morgan fingerprint density at radius 1 is 1.53 bits per heavy atom. The van der Waals surface area contributed by atoms with Crippen LogP contribution in [0.5, 0.6) is 0 Å². The number of hydrogen-bond acceptors (Lipinski definition) is 2. The summed E-state index contributed by atoms with van der Waals surface area (Å²) in [5.41, 5.74) is 1.12. The fourth-order valence-corrected chi connectivity index (χ4v) is 1.91. The lowest BCUT2D eigenvalue weighted by molar-refractivity contribution is 0.0832. The summed E-state index contributed by atoms with van der Waals surface area (Å²) in [6, 6.07) is 3.71. The van der Waals surface area contributed by atoms with E-state index in [-0.39, 0.29) is 12.5 Å². The Labute approximate surface area is 103 Å². The van der Waals surface area contributed by atoms with Gasteiger partial charge in [-0.15, -0.1) is 0 Å². The Hall–Kier alpha value is -1.29. The predicted octanol–water partition coefficient (Wildman–Crippen LogP) is 1.61. The van der Waals surface area contributed by atoms with Gasteiger partial charge < -0.3 is 15.0 Å². The van der Waals surface area contributed by atoms with Gasteiger partial charge in [0.2, 0.25) is 0 Å². The second-order valence-electron chi connectivity index (χ2n) is 4.84. The van der Waals surface area contributed by atoms with Gasteiger partial charge in [0.15, 0.2) is 0 Å². The van der Waals surface area contributed by atoms with Crippen LogP contribution in [-0.2, 0) is 7.05 Å². The van der Waals surface area contributed by atoms with Crippen LogP contribution in [0, 0.1) is 6.92 Å². The topological polar surface area (TPSA) is 54.3 Å². The van der Waals surface area contributed by atoms with Crippen molar-refractivity contribution in [2.24, 2.45) is 7.05 Å². The molecular formula is C13H22N2O2. The van der Waals surface area contributed by atoms with E-state index in [1.54, 1.807) is 6.07 Å². The molecule has 1 aromatic rings. The van der Waals surface area contributed by atoms with Crippen LogP contribution in [0.2, 0.25) is 0 Å². The largest absolute Gasteiger partial charge is 0.394 e. The number of aromatic nitrogens is 1. The highest BCUT2D eigenvalue weighted by atomic mass is 16.3. The molecule has 1 amide bonds. The minimum absolute atomic E-state index is 0.0456. The zero-order valence-corrected chi connectivity index (χ0v) is 11.1. The third kappa shape index (κ3) is 3.09. The molecule has 4 heteroatoms. The molecular weight excluding hydrogens is 216 g/mol. The van der Waals surface area contributed by atoms with Gasteiger partial charge in [-0.2, -0.15) is 0 Å². The smallest absolute Gasteiger partial charge is 0.268 e. The van der Waals surface area contributed by atoms with Crippen molar-refractivity contribution in [3.05, 3.63) is 23.5 Å². The number of rotatable bonds is 5. The van der Waals surface area contributed by atoms with Gasteiger partial charge in [0, 0.05) is 12.7 Å². The second-order valence-corrected chi connectivity index (χ2v) is 4.84. The van der Waals surface area contributed by atoms with Crippen molar-refractivity contribution in [2.75, 3.05) is 6.61 Å². The molecule has 2 N–H and O–H groups in total. The summed E-state index contributed by atoms with van der Waals surface area (Å²) >= 11 is 0. The first-order valence-corrected chi connectivity index (χ1v) is 5.99. The molecule has 1 aromatic heterocycles. The third-order valence-corrected chi connectivity index (χ3v) is 3.17. The van der Waals surface area contributed by atoms with Crippen molar-refractivity contribution < 1.29 is 9.90 Å². The number of aryl methyl sites for hydroxylation is 1. The molecule has 1 rings (SSSR count). The highest BCUT2D eigenvalue weighted by Gasteiger charge is 2.25. The molecule has 17 heavy (non-hydrogen) atoms. The summed E-state index contributed by atoms with van der Waals surface area (Å²) in [4.78, 5) is 12.1. The molecule has 0 radical (unpaired) electrons. The van der Waals surface area contributed by atoms with Crippen LogP contribution in [0.15, 0.2) is 12.1 Å². The van der Waals surface area contributed by atoms with Gasteiger partial charge in [0.25, 0.3) is 5.91 Å². The van der Waals surface area contributed by atoms with Crippen LogP contribution < -0.4 is 5.32 Å². The third-order valence-electron chi connectivity index (χ3n) is 3.17. The van der Waals surface area contributed by atoms with Gasteiger partial charge in [-0.3, -0.25) is 4.79 Å². The summed E-state index contributed by atoms with van der Waals surface area (Å²) < 4.78 is 1.85. The Bertz CT molecular complexity index is 398. The Morgan fingerprint density at radius 3 is 2.59 bits per heavy atom. The molecule has 0 aromatic carbocycles. The highest BCUT2D eigenvalue weighted by Crippen LogP contribution is 2.13. The molecule has 0 bridgehead atoms. The van der Waals surface area contributed by atoms with Gasteiger partial charge in [-0.1, -0.05) is 13.3 Å². The normalized spacial score (nSPS) is 14.4. The zero-order valence-electron chi connectivity index (χ0n) is 11.1. The van der Waals surface area contributed by atoms with Crippen molar-refractivity contribution in [3.63, 3.8) is 0 Å². The van der Waals surface area contributed by atoms with E-state index in [1.165, 1.54) is 0 Å². The fraction of sp³-hybridized carbons (Fsp3) is 0.615. The Kier molecular flexibility index (Phi) is 4.34. The summed E-state index contributed by atoms with van der Waals surface area (Å²) in [6.07, 6.45) is 1.68. The van der Waals surface area contributed by atoms with Gasteiger partial charge >= 0.3 is 0 Å². The average molecular weight is 238 g/mol. The van der Waals surface area contributed by atoms with Crippen LogP contribution in [0.1, 0.15) is 42.9 Å². The predicted molar refractivity (Wildman–Crippen MR) is 68.0 cm³/mol. The number of nitrogens with zero attached hydrogens (tertiary/aromatic N) is 1. The quantitative estimate of drug-likeness (QED) is 0.819. The molecule has 1 atom stereocenters. The first-order valence-electron chi connectivity index (χ1n) is 5.99. The van der Waals surface area contributed by atoms with Gasteiger partial charge in [0.05, 0.1) is 12.1 Å². The number of hydrogen-bond donors (Lipinski definition) is 2. The van der Waals surface area contributed by atoms with E-state index in [4.69, 9.17) is 0 Å². The Balaban J connectivity index is 2.81. The van der Waals surface area contributed by atoms with E-state index in [2.05, 4.69) is 5.32 Å². The first-order chi connectivity index (χ1) is 7.93. The maximum absolute atomic E-state index is 12.1. The lowest BCUT2D eigenvalue weighted by Gasteiger charge is -2.28. The van der Waals surface area contributed by atoms with Crippen molar-refractivity contribution in [2.45, 2.75) is 39.2 Å². The summed E-state index contributed by atoms with van der Waals surface area (Å²) in [6.45, 7) is 5.81. The molecule has 4 nitrogen and oxygen atoms in total. The summed E-state index contributed by atoms with van der Waals surface area (Å²) in [5, 5.41) is 12.3. The lowest BCUT2D eigenvalue weighted by Crippen LogP contribution is -2.49. The minimum atomic E-state index is -0.538. The molecule has 1 heterocycles. The molecule has 96 valence electrons. The second kappa shape index (κ2) is 5.36. The van der Waals surface area contributed by atoms with Crippen LogP contribution in [0.25, 0.3) is 0 Å². The van der Waals surface area contributed by atoms with Crippen LogP contribution in [-0.4, -0.2) is 27.7 Å². The number of carbonyl (C=O) groups is 1. The molecule has 0 saturated heterocycles. The number of amides is 1. The number of aliphatic hydroxyl groups is 1. The van der Waals surface area contributed by atoms with Gasteiger partial charge in [-0.05, 0) is 32.4 Å². The van der Waals surface area contributed by atoms with E-state index >= 15 is 0 Å². The zero-order chi connectivity index (χ0) is 13.1. The van der Waals surface area contributed by atoms with E-state index in [0.717, 1.165) is 18.5 Å². The lowest BCUT2D eigenvalue weighted by atomic mass is 9.97. The molecule has 0 aliphatic rings. The van der Waals surface area contributed by atoms with Crippen molar-refractivity contribution in [1.82, 2.24) is 9.88 Å². The standard InChI is InChI=1S/C13H22N2O2/c1-5-8-13(3,9-16)14-12(17)11-7-6-10(2)15(11)4/h6-7,16H,5,8-9H2,1-4H3,(H,14,17). The fourth-order valence-electron chi connectivity index (χ4n) is 1.91. The van der Waals surface area contributed by atoms with E-state index in [0.29, 0.717) is 5.69 Å². The first kappa shape index (κ1) is 13.8. The van der Waals surface area contributed by atoms with Crippen LogP contribution in [0.4, 0.5) is 0 Å². The SMILES string of the molecule is CCCC(C)(CO)NC(=O)c1ccc(C)n1C. The van der Waals surface area contributed by atoms with E-state index in [9.17, 15) is 9.90 Å². The van der Waals surface area contributed by atoms with Crippen LogP contribution >= 0.6 is 0 Å². The maximum Gasteiger partial charge on any atom is 0.268 e. The number of carbonyl (C=O) groups excluding carboxylic acids is 1. The Morgan fingerprint density at radius 2 is 2.18 bits per heavy atom. The molecule has 0 fully saturated rings. The highest BCUT2D eigenvalue weighted by molar-refractivity contribution is 5.93. The van der Waals surface area contributed by atoms with Crippen molar-refractivity contribution in [1.29, 1.82) is 0 Å². The molecule has 0 aliphatic carbocycles. The molecule has 1 unspecified atom stereocenters. The average Bonchev–Trinajstić information content (AvgIpc) is 2.60. The van der Waals surface area contributed by atoms with E-state index in [1.807, 2.05) is 38.5 Å².